The van der Waals surface area contributed by atoms with E-state index in [9.17, 15) is 14.6 Å². The van der Waals surface area contributed by atoms with Crippen molar-refractivity contribution in [3.8, 4) is 0 Å². The number of aliphatic hydroxyl groups excluding tert-OH is 2. The number of aliphatic hydroxyl groups is 2. The molecule has 0 fully saturated rings. The normalized spacial score (nSPS) is 20.9. The SMILES string of the molecule is Nc1nc2cc(CCC3=CC(n4ccc5c(N)ncnc54)C(O)C3O)c(F)cc2cc1Cl. The molecule has 3 heterocycles. The molecule has 0 spiro atoms. The van der Waals surface area contributed by atoms with Gasteiger partial charge in [-0.3, -0.25) is 0 Å². The van der Waals surface area contributed by atoms with E-state index in [0.29, 0.717) is 51.7 Å². The van der Waals surface area contributed by atoms with E-state index in [0.717, 1.165) is 0 Å². The summed E-state index contributed by atoms with van der Waals surface area (Å²) in [6.07, 6.45) is 3.43. The van der Waals surface area contributed by atoms with Crippen molar-refractivity contribution >= 4 is 45.2 Å². The Morgan fingerprint density at radius 3 is 2.72 bits per heavy atom. The first-order chi connectivity index (χ1) is 15.3. The lowest BCUT2D eigenvalue weighted by Crippen LogP contribution is -2.29. The quantitative estimate of drug-likeness (QED) is 0.348. The number of nitrogens with zero attached hydrogens (tertiary/aromatic N) is 4. The van der Waals surface area contributed by atoms with Crippen LogP contribution in [0.15, 0.2) is 48.4 Å². The van der Waals surface area contributed by atoms with Gasteiger partial charge in [-0.2, -0.15) is 0 Å². The summed E-state index contributed by atoms with van der Waals surface area (Å²) in [7, 11) is 0. The van der Waals surface area contributed by atoms with Gasteiger partial charge >= 0.3 is 0 Å². The lowest BCUT2D eigenvalue weighted by Gasteiger charge is -2.19. The Hall–Kier alpha value is -3.27. The van der Waals surface area contributed by atoms with E-state index in [4.69, 9.17) is 23.1 Å². The molecular formula is C22H20ClFN6O2. The molecule has 0 saturated carbocycles. The Balaban J connectivity index is 1.42. The number of nitrogen functional groups attached to an aromatic ring is 2. The molecule has 1 aliphatic rings. The number of fused-ring (bicyclic) bond motifs is 2. The highest BCUT2D eigenvalue weighted by Crippen LogP contribution is 2.35. The largest absolute Gasteiger partial charge is 0.388 e. The van der Waals surface area contributed by atoms with Crippen LogP contribution in [0.3, 0.4) is 0 Å². The second-order valence-electron chi connectivity index (χ2n) is 7.88. The third kappa shape index (κ3) is 3.35. The van der Waals surface area contributed by atoms with Crippen LogP contribution >= 0.6 is 11.6 Å². The zero-order chi connectivity index (χ0) is 22.6. The van der Waals surface area contributed by atoms with Crippen LogP contribution in [0, 0.1) is 5.82 Å². The van der Waals surface area contributed by atoms with Gasteiger partial charge in [-0.05, 0) is 48.2 Å². The van der Waals surface area contributed by atoms with Crippen LogP contribution < -0.4 is 11.5 Å². The monoisotopic (exact) mass is 454 g/mol. The summed E-state index contributed by atoms with van der Waals surface area (Å²) in [6.45, 7) is 0. The number of pyridine rings is 1. The number of hydrogen-bond acceptors (Lipinski definition) is 7. The summed E-state index contributed by atoms with van der Waals surface area (Å²) in [5.74, 6) is 0.127. The first-order valence-electron chi connectivity index (χ1n) is 10.0. The molecule has 3 unspecified atom stereocenters. The van der Waals surface area contributed by atoms with E-state index >= 15 is 0 Å². The summed E-state index contributed by atoms with van der Waals surface area (Å²) >= 11 is 5.97. The van der Waals surface area contributed by atoms with Crippen LogP contribution in [0.4, 0.5) is 16.0 Å². The maximum Gasteiger partial charge on any atom is 0.146 e. The summed E-state index contributed by atoms with van der Waals surface area (Å²) < 4.78 is 16.4. The smallest absolute Gasteiger partial charge is 0.146 e. The van der Waals surface area contributed by atoms with E-state index in [1.165, 1.54) is 12.4 Å². The molecule has 164 valence electrons. The minimum Gasteiger partial charge on any atom is -0.388 e. The topological polar surface area (TPSA) is 136 Å². The number of anilines is 2. The van der Waals surface area contributed by atoms with Crippen LogP contribution in [0.1, 0.15) is 18.0 Å². The third-order valence-electron chi connectivity index (χ3n) is 5.95. The minimum absolute atomic E-state index is 0.181. The van der Waals surface area contributed by atoms with Crippen LogP contribution in [-0.2, 0) is 6.42 Å². The van der Waals surface area contributed by atoms with E-state index < -0.39 is 24.1 Å². The second kappa shape index (κ2) is 7.70. The molecule has 0 bridgehead atoms. The lowest BCUT2D eigenvalue weighted by molar-refractivity contribution is 0.0317. The van der Waals surface area contributed by atoms with Crippen molar-refractivity contribution in [1.82, 2.24) is 19.5 Å². The number of halogens is 2. The van der Waals surface area contributed by atoms with Crippen molar-refractivity contribution in [2.45, 2.75) is 31.1 Å². The molecule has 6 N–H and O–H groups in total. The Labute approximate surface area is 187 Å². The van der Waals surface area contributed by atoms with Gasteiger partial charge in [0.1, 0.15) is 41.6 Å². The minimum atomic E-state index is -1.08. The average Bonchev–Trinajstić information content (AvgIpc) is 3.31. The number of aryl methyl sites for hydroxylation is 1. The van der Waals surface area contributed by atoms with Gasteiger partial charge < -0.3 is 26.2 Å². The number of hydrogen-bond donors (Lipinski definition) is 4. The molecule has 32 heavy (non-hydrogen) atoms. The maximum absolute atomic E-state index is 14.6. The Bertz CT molecular complexity index is 1390. The van der Waals surface area contributed by atoms with Crippen molar-refractivity contribution in [2.24, 2.45) is 0 Å². The molecule has 0 saturated heterocycles. The fourth-order valence-corrected chi connectivity index (χ4v) is 4.39. The molecule has 10 heteroatoms. The van der Waals surface area contributed by atoms with Gasteiger partial charge in [-0.25, -0.2) is 19.3 Å². The summed E-state index contributed by atoms with van der Waals surface area (Å²) in [5.41, 5.74) is 13.8. The molecule has 0 amide bonds. The first-order valence-corrected chi connectivity index (χ1v) is 10.4. The molecule has 5 rings (SSSR count). The molecule has 8 nitrogen and oxygen atoms in total. The standard InChI is InChI=1S/C22H20ClFN6O2/c23-14-5-12-6-15(24)10(7-16(12)29-21(14)26)1-2-11-8-17(19(32)18(11)31)30-4-3-13-20(25)27-9-28-22(13)30/h3-9,17-19,31-32H,1-2H2,(H2,26,29)(H2,25,27,28). The Morgan fingerprint density at radius 2 is 1.91 bits per heavy atom. The first kappa shape index (κ1) is 20.6. The van der Waals surface area contributed by atoms with Crippen molar-refractivity contribution in [2.75, 3.05) is 11.5 Å². The Kier molecular flexibility index (Phi) is 4.96. The van der Waals surface area contributed by atoms with Gasteiger partial charge in [-0.15, -0.1) is 0 Å². The molecule has 1 aliphatic carbocycles. The van der Waals surface area contributed by atoms with Crippen molar-refractivity contribution in [1.29, 1.82) is 0 Å². The van der Waals surface area contributed by atoms with Crippen LogP contribution in [-0.4, -0.2) is 41.9 Å². The summed E-state index contributed by atoms with van der Waals surface area (Å²) in [5, 5.41) is 22.8. The number of aromatic nitrogens is 4. The molecule has 3 atom stereocenters. The van der Waals surface area contributed by atoms with E-state index in [2.05, 4.69) is 15.0 Å². The predicted molar refractivity (Wildman–Crippen MR) is 121 cm³/mol. The number of rotatable bonds is 4. The second-order valence-corrected chi connectivity index (χ2v) is 8.29. The van der Waals surface area contributed by atoms with Crippen LogP contribution in [0.5, 0.6) is 0 Å². The zero-order valence-corrected chi connectivity index (χ0v) is 17.5. The van der Waals surface area contributed by atoms with Crippen molar-refractivity contribution in [3.05, 3.63) is 64.8 Å². The average molecular weight is 455 g/mol. The Morgan fingerprint density at radius 1 is 1.09 bits per heavy atom. The maximum atomic E-state index is 14.6. The van der Waals surface area contributed by atoms with Gasteiger partial charge in [-0.1, -0.05) is 17.7 Å². The van der Waals surface area contributed by atoms with Crippen LogP contribution in [0.2, 0.25) is 5.02 Å². The van der Waals surface area contributed by atoms with E-state index in [1.54, 1.807) is 35.0 Å². The summed E-state index contributed by atoms with van der Waals surface area (Å²) in [4.78, 5) is 12.4. The fourth-order valence-electron chi connectivity index (χ4n) is 4.23. The zero-order valence-electron chi connectivity index (χ0n) is 16.8. The molecular weight excluding hydrogens is 435 g/mol. The summed E-state index contributed by atoms with van der Waals surface area (Å²) in [6, 6.07) is 5.82. The van der Waals surface area contributed by atoms with Gasteiger partial charge in [0, 0.05) is 11.6 Å². The van der Waals surface area contributed by atoms with E-state index in [-0.39, 0.29) is 10.8 Å². The predicted octanol–water partition coefficient (Wildman–Crippen LogP) is 2.77. The van der Waals surface area contributed by atoms with Crippen molar-refractivity contribution in [3.63, 3.8) is 0 Å². The van der Waals surface area contributed by atoms with Gasteiger partial charge in [0.05, 0.1) is 22.0 Å². The van der Waals surface area contributed by atoms with Gasteiger partial charge in [0.2, 0.25) is 0 Å². The number of benzene rings is 1. The van der Waals surface area contributed by atoms with Gasteiger partial charge in [0.25, 0.3) is 0 Å². The molecule has 0 aliphatic heterocycles. The van der Waals surface area contributed by atoms with E-state index in [1.807, 2.05) is 0 Å². The lowest BCUT2D eigenvalue weighted by atomic mass is 10.0. The fraction of sp³-hybridized carbons (Fsp3) is 0.227. The molecule has 0 radical (unpaired) electrons. The highest BCUT2D eigenvalue weighted by atomic mass is 35.5. The van der Waals surface area contributed by atoms with Gasteiger partial charge in [0.15, 0.2) is 0 Å². The number of nitrogens with two attached hydrogens (primary N) is 2. The molecule has 1 aromatic carbocycles. The molecule has 4 aromatic rings. The third-order valence-corrected chi connectivity index (χ3v) is 6.25. The van der Waals surface area contributed by atoms with Crippen LogP contribution in [0.25, 0.3) is 21.9 Å². The highest BCUT2D eigenvalue weighted by molar-refractivity contribution is 6.33. The highest BCUT2D eigenvalue weighted by Gasteiger charge is 2.36. The van der Waals surface area contributed by atoms with Crippen molar-refractivity contribution < 1.29 is 14.6 Å². The molecule has 3 aromatic heterocycles.